The monoisotopic (exact) mass is 186 g/mol. The lowest BCUT2D eigenvalue weighted by Gasteiger charge is -2.12. The summed E-state index contributed by atoms with van der Waals surface area (Å²) < 4.78 is 0. The zero-order valence-corrected chi connectivity index (χ0v) is 7.47. The molecule has 2 N–H and O–H groups in total. The Labute approximate surface area is 74.4 Å². The quantitative estimate of drug-likeness (QED) is 0.540. The normalized spacial score (nSPS) is 9.50. The van der Waals surface area contributed by atoms with Gasteiger partial charge in [0.2, 0.25) is 0 Å². The SMILES string of the molecule is CNC(=O)N(O)Cc1cccs1. The topological polar surface area (TPSA) is 52.6 Å². The van der Waals surface area contributed by atoms with Crippen LogP contribution in [0.2, 0.25) is 0 Å². The average Bonchev–Trinajstić information content (AvgIpc) is 2.55. The Kier molecular flexibility index (Phi) is 3.07. The lowest BCUT2D eigenvalue weighted by Crippen LogP contribution is -2.34. The number of rotatable bonds is 2. The summed E-state index contributed by atoms with van der Waals surface area (Å²) in [6.07, 6.45) is 0. The Morgan fingerprint density at radius 2 is 2.58 bits per heavy atom. The molecule has 12 heavy (non-hydrogen) atoms. The Morgan fingerprint density at radius 1 is 1.83 bits per heavy atom. The summed E-state index contributed by atoms with van der Waals surface area (Å²) in [5.41, 5.74) is 0. The Balaban J connectivity index is 2.47. The molecule has 5 heteroatoms. The molecule has 0 saturated carbocycles. The smallest absolute Gasteiger partial charge is 0.339 e. The maximum atomic E-state index is 10.8. The third-order valence-electron chi connectivity index (χ3n) is 1.33. The van der Waals surface area contributed by atoms with Crippen LogP contribution < -0.4 is 5.32 Å². The molecular weight excluding hydrogens is 176 g/mol. The van der Waals surface area contributed by atoms with Crippen LogP contribution in [0.15, 0.2) is 17.5 Å². The second-order valence-electron chi connectivity index (χ2n) is 2.19. The van der Waals surface area contributed by atoms with E-state index in [2.05, 4.69) is 5.32 Å². The molecule has 0 aliphatic rings. The van der Waals surface area contributed by atoms with Crippen molar-refractivity contribution in [3.05, 3.63) is 22.4 Å². The van der Waals surface area contributed by atoms with E-state index in [0.717, 1.165) is 4.88 Å². The Hall–Kier alpha value is -1.07. The minimum absolute atomic E-state index is 0.233. The van der Waals surface area contributed by atoms with Gasteiger partial charge in [0.05, 0.1) is 6.54 Å². The summed E-state index contributed by atoms with van der Waals surface area (Å²) in [5.74, 6) is 0. The van der Waals surface area contributed by atoms with E-state index >= 15 is 0 Å². The second-order valence-corrected chi connectivity index (χ2v) is 3.22. The van der Waals surface area contributed by atoms with Crippen molar-refractivity contribution in [3.8, 4) is 0 Å². The van der Waals surface area contributed by atoms with Crippen molar-refractivity contribution in [1.82, 2.24) is 10.4 Å². The fourth-order valence-electron chi connectivity index (χ4n) is 0.751. The highest BCUT2D eigenvalue weighted by atomic mass is 32.1. The molecule has 1 aromatic heterocycles. The molecule has 1 rings (SSSR count). The van der Waals surface area contributed by atoms with E-state index in [9.17, 15) is 4.79 Å². The van der Waals surface area contributed by atoms with Gasteiger partial charge < -0.3 is 5.32 Å². The molecule has 0 radical (unpaired) electrons. The molecule has 0 atom stereocenters. The number of amides is 2. The van der Waals surface area contributed by atoms with Gasteiger partial charge in [-0.2, -0.15) is 0 Å². The Morgan fingerprint density at radius 3 is 3.08 bits per heavy atom. The number of urea groups is 1. The van der Waals surface area contributed by atoms with Gasteiger partial charge in [0.15, 0.2) is 0 Å². The summed E-state index contributed by atoms with van der Waals surface area (Å²) >= 11 is 1.50. The lowest BCUT2D eigenvalue weighted by molar-refractivity contribution is -0.0493. The Bertz CT molecular complexity index is 248. The number of carbonyl (C=O) groups excluding carboxylic acids is 1. The first-order valence-electron chi connectivity index (χ1n) is 3.44. The van der Waals surface area contributed by atoms with Gasteiger partial charge in [0.25, 0.3) is 0 Å². The summed E-state index contributed by atoms with van der Waals surface area (Å²) in [5, 5.41) is 14.0. The molecule has 0 fully saturated rings. The molecule has 1 aromatic rings. The van der Waals surface area contributed by atoms with Crippen LogP contribution >= 0.6 is 11.3 Å². The van der Waals surface area contributed by atoms with Gasteiger partial charge in [-0.1, -0.05) is 6.07 Å². The highest BCUT2D eigenvalue weighted by Gasteiger charge is 2.08. The summed E-state index contributed by atoms with van der Waals surface area (Å²) in [6, 6.07) is 3.23. The molecule has 2 amide bonds. The molecule has 4 nitrogen and oxygen atoms in total. The number of hydrogen-bond donors (Lipinski definition) is 2. The van der Waals surface area contributed by atoms with Crippen LogP contribution in [0.1, 0.15) is 4.88 Å². The van der Waals surface area contributed by atoms with E-state index in [4.69, 9.17) is 5.21 Å². The highest BCUT2D eigenvalue weighted by Crippen LogP contribution is 2.10. The predicted molar refractivity (Wildman–Crippen MR) is 46.1 cm³/mol. The van der Waals surface area contributed by atoms with Gasteiger partial charge >= 0.3 is 6.03 Å². The van der Waals surface area contributed by atoms with Crippen molar-refractivity contribution < 1.29 is 10.0 Å². The van der Waals surface area contributed by atoms with Crippen LogP contribution in [0, 0.1) is 0 Å². The molecule has 0 aromatic carbocycles. The molecule has 0 unspecified atom stereocenters. The highest BCUT2D eigenvalue weighted by molar-refractivity contribution is 7.09. The number of hydrogen-bond acceptors (Lipinski definition) is 3. The van der Waals surface area contributed by atoms with Gasteiger partial charge in [-0.05, 0) is 11.4 Å². The van der Waals surface area contributed by atoms with E-state index in [-0.39, 0.29) is 6.54 Å². The van der Waals surface area contributed by atoms with Crippen LogP contribution in [0.25, 0.3) is 0 Å². The van der Waals surface area contributed by atoms with Crippen molar-refractivity contribution in [2.45, 2.75) is 6.54 Å². The van der Waals surface area contributed by atoms with Gasteiger partial charge in [-0.3, -0.25) is 5.21 Å². The first-order valence-corrected chi connectivity index (χ1v) is 4.32. The third-order valence-corrected chi connectivity index (χ3v) is 2.20. The molecule has 0 spiro atoms. The first-order chi connectivity index (χ1) is 5.74. The summed E-state index contributed by atoms with van der Waals surface area (Å²) in [6.45, 7) is 0.233. The standard InChI is InChI=1S/C7H10N2O2S/c1-8-7(10)9(11)5-6-3-2-4-12-6/h2-4,11H,5H2,1H3,(H,8,10). The molecule has 0 saturated heterocycles. The van der Waals surface area contributed by atoms with Crippen LogP contribution in [-0.4, -0.2) is 23.3 Å². The van der Waals surface area contributed by atoms with E-state index in [1.54, 1.807) is 0 Å². The van der Waals surface area contributed by atoms with Crippen molar-refractivity contribution in [3.63, 3.8) is 0 Å². The van der Waals surface area contributed by atoms with Crippen molar-refractivity contribution in [1.29, 1.82) is 0 Å². The minimum Gasteiger partial charge on any atom is -0.339 e. The van der Waals surface area contributed by atoms with Crippen LogP contribution in [-0.2, 0) is 6.54 Å². The largest absolute Gasteiger partial charge is 0.341 e. The predicted octanol–water partition coefficient (Wildman–Crippen LogP) is 1.28. The van der Waals surface area contributed by atoms with E-state index < -0.39 is 6.03 Å². The van der Waals surface area contributed by atoms with E-state index in [1.807, 2.05) is 17.5 Å². The molecular formula is C7H10N2O2S. The molecule has 66 valence electrons. The minimum atomic E-state index is -0.497. The summed E-state index contributed by atoms with van der Waals surface area (Å²) in [4.78, 5) is 11.8. The average molecular weight is 186 g/mol. The maximum absolute atomic E-state index is 10.8. The van der Waals surface area contributed by atoms with Gasteiger partial charge in [-0.15, -0.1) is 11.3 Å². The number of nitrogens with one attached hydrogen (secondary N) is 1. The number of hydroxylamine groups is 2. The van der Waals surface area contributed by atoms with Crippen molar-refractivity contribution >= 4 is 17.4 Å². The number of thiophene rings is 1. The van der Waals surface area contributed by atoms with Crippen LogP contribution in [0.4, 0.5) is 4.79 Å². The number of nitrogens with zero attached hydrogens (tertiary/aromatic N) is 1. The lowest BCUT2D eigenvalue weighted by atomic mass is 10.5. The van der Waals surface area contributed by atoms with Gasteiger partial charge in [-0.25, -0.2) is 9.86 Å². The fraction of sp³-hybridized carbons (Fsp3) is 0.286. The van der Waals surface area contributed by atoms with E-state index in [0.29, 0.717) is 5.06 Å². The third kappa shape index (κ3) is 2.21. The van der Waals surface area contributed by atoms with Gasteiger partial charge in [0, 0.05) is 11.9 Å². The maximum Gasteiger partial charge on any atom is 0.341 e. The van der Waals surface area contributed by atoms with Crippen molar-refractivity contribution in [2.24, 2.45) is 0 Å². The van der Waals surface area contributed by atoms with Crippen LogP contribution in [0.5, 0.6) is 0 Å². The second kappa shape index (κ2) is 4.08. The van der Waals surface area contributed by atoms with Crippen LogP contribution in [0.3, 0.4) is 0 Å². The molecule has 0 aliphatic carbocycles. The zero-order chi connectivity index (χ0) is 8.97. The van der Waals surface area contributed by atoms with Gasteiger partial charge in [0.1, 0.15) is 0 Å². The summed E-state index contributed by atoms with van der Waals surface area (Å²) in [7, 11) is 1.47. The molecule has 0 aliphatic heterocycles. The number of carbonyl (C=O) groups is 1. The van der Waals surface area contributed by atoms with E-state index in [1.165, 1.54) is 18.4 Å². The first kappa shape index (κ1) is 9.02. The van der Waals surface area contributed by atoms with Crippen molar-refractivity contribution in [2.75, 3.05) is 7.05 Å². The molecule has 1 heterocycles. The zero-order valence-electron chi connectivity index (χ0n) is 6.65. The molecule has 0 bridgehead atoms. The fourth-order valence-corrected chi connectivity index (χ4v) is 1.44.